The monoisotopic (exact) mass is 219 g/mol. The fourth-order valence-electron chi connectivity index (χ4n) is 1.20. The molecule has 4 heteroatoms. The van der Waals surface area contributed by atoms with Gasteiger partial charge in [-0.25, -0.2) is 0 Å². The van der Waals surface area contributed by atoms with Gasteiger partial charge in [0, 0.05) is 25.8 Å². The van der Waals surface area contributed by atoms with E-state index in [1.165, 1.54) is 0 Å². The fraction of sp³-hybridized carbons (Fsp3) is 0.250. The van der Waals surface area contributed by atoms with Crippen LogP contribution in [0.2, 0.25) is 0 Å². The molecule has 0 fully saturated rings. The fourth-order valence-corrected chi connectivity index (χ4v) is 1.20. The van der Waals surface area contributed by atoms with E-state index in [9.17, 15) is 9.59 Å². The van der Waals surface area contributed by atoms with E-state index in [-0.39, 0.29) is 18.7 Å². The smallest absolute Gasteiger partial charge is 0.220 e. The maximum absolute atomic E-state index is 11.2. The van der Waals surface area contributed by atoms with Crippen LogP contribution in [0.3, 0.4) is 0 Å². The number of hydrogen-bond donors (Lipinski definition) is 2. The van der Waals surface area contributed by atoms with Crippen molar-refractivity contribution < 1.29 is 9.59 Å². The molecule has 0 atom stereocenters. The summed E-state index contributed by atoms with van der Waals surface area (Å²) in [6, 6.07) is 9.70. The molecular weight excluding hydrogens is 204 g/mol. The van der Waals surface area contributed by atoms with Crippen molar-refractivity contribution in [1.29, 1.82) is 0 Å². The maximum Gasteiger partial charge on any atom is 0.220 e. The first-order valence-corrected chi connectivity index (χ1v) is 5.12. The highest BCUT2D eigenvalue weighted by Gasteiger charge is 2.03. The van der Waals surface area contributed by atoms with Gasteiger partial charge < -0.3 is 11.1 Å². The topological polar surface area (TPSA) is 72.2 Å². The van der Waals surface area contributed by atoms with Gasteiger partial charge in [0.15, 0.2) is 0 Å². The zero-order chi connectivity index (χ0) is 11.8. The lowest BCUT2D eigenvalue weighted by Gasteiger charge is -2.03. The minimum absolute atomic E-state index is 0.0944. The van der Waals surface area contributed by atoms with E-state index in [0.29, 0.717) is 6.54 Å². The number of primary amides is 1. The van der Waals surface area contributed by atoms with Gasteiger partial charge in [0.05, 0.1) is 0 Å². The summed E-state index contributed by atoms with van der Waals surface area (Å²) in [4.78, 5) is 21.6. The summed E-state index contributed by atoms with van der Waals surface area (Å²) in [6.45, 7) is 0.460. The number of rotatable bonds is 6. The molecule has 0 aromatic heterocycles. The second-order valence-corrected chi connectivity index (χ2v) is 3.39. The molecule has 2 amide bonds. The van der Waals surface area contributed by atoms with E-state index >= 15 is 0 Å². The van der Waals surface area contributed by atoms with Crippen molar-refractivity contribution in [2.24, 2.45) is 5.73 Å². The summed E-state index contributed by atoms with van der Waals surface area (Å²) in [5.41, 5.74) is 5.99. The van der Waals surface area contributed by atoms with E-state index < -0.39 is 5.91 Å². The number of nitrogens with two attached hydrogens (primary N) is 1. The Kier molecular flexibility index (Phi) is 5.05. The third-order valence-electron chi connectivity index (χ3n) is 2.04. The van der Waals surface area contributed by atoms with Crippen molar-refractivity contribution in [1.82, 2.24) is 5.32 Å². The van der Waals surface area contributed by atoms with Crippen molar-refractivity contribution >= 4 is 11.8 Å². The molecule has 0 unspecified atom stereocenters. The molecule has 0 spiro atoms. The highest BCUT2D eigenvalue weighted by atomic mass is 16.2. The first kappa shape index (κ1) is 12.2. The highest BCUT2D eigenvalue weighted by Crippen LogP contribution is 2.00. The van der Waals surface area contributed by atoms with Crippen LogP contribution in [0, 0.1) is 6.42 Å². The number of nitrogens with one attached hydrogen (secondary N) is 1. The predicted molar refractivity (Wildman–Crippen MR) is 61.3 cm³/mol. The van der Waals surface area contributed by atoms with Gasteiger partial charge in [-0.1, -0.05) is 30.3 Å². The number of carbonyl (C=O) groups excluding carboxylic acids is 2. The summed E-state index contributed by atoms with van der Waals surface area (Å²) in [6.07, 6.45) is 2.15. The molecule has 0 bridgehead atoms. The van der Waals surface area contributed by atoms with Gasteiger partial charge in [-0.15, -0.1) is 0 Å². The Labute approximate surface area is 94.8 Å². The minimum Gasteiger partial charge on any atom is -0.370 e. The summed E-state index contributed by atoms with van der Waals surface area (Å²) in [7, 11) is 0. The van der Waals surface area contributed by atoms with Gasteiger partial charge >= 0.3 is 0 Å². The first-order valence-electron chi connectivity index (χ1n) is 5.12. The summed E-state index contributed by atoms with van der Waals surface area (Å²) in [5, 5.41) is 2.68. The molecule has 0 heterocycles. The van der Waals surface area contributed by atoms with Crippen molar-refractivity contribution in [3.05, 3.63) is 42.3 Å². The predicted octanol–water partition coefficient (Wildman–Crippen LogP) is 0.621. The molecule has 3 N–H and O–H groups in total. The summed E-state index contributed by atoms with van der Waals surface area (Å²) >= 11 is 0. The Bertz CT molecular complexity index is 349. The van der Waals surface area contributed by atoms with Crippen LogP contribution >= 0.6 is 0 Å². The zero-order valence-corrected chi connectivity index (χ0v) is 8.98. The van der Waals surface area contributed by atoms with Crippen LogP contribution in [0.5, 0.6) is 0 Å². The molecule has 0 aliphatic rings. The van der Waals surface area contributed by atoms with E-state index in [1.54, 1.807) is 0 Å². The summed E-state index contributed by atoms with van der Waals surface area (Å²) < 4.78 is 0. The average molecular weight is 219 g/mol. The second kappa shape index (κ2) is 6.61. The van der Waals surface area contributed by atoms with Crippen LogP contribution in [0.25, 0.3) is 0 Å². The molecule has 0 aliphatic heterocycles. The van der Waals surface area contributed by atoms with Gasteiger partial charge in [-0.2, -0.15) is 0 Å². The van der Waals surface area contributed by atoms with Crippen LogP contribution in [0.4, 0.5) is 0 Å². The van der Waals surface area contributed by atoms with Gasteiger partial charge in [0.25, 0.3) is 0 Å². The molecule has 1 aromatic carbocycles. The van der Waals surface area contributed by atoms with E-state index in [2.05, 4.69) is 5.32 Å². The van der Waals surface area contributed by atoms with Gasteiger partial charge in [-0.3, -0.25) is 9.59 Å². The van der Waals surface area contributed by atoms with E-state index in [0.717, 1.165) is 5.56 Å². The molecule has 16 heavy (non-hydrogen) atoms. The molecule has 1 radical (unpaired) electrons. The van der Waals surface area contributed by atoms with Crippen molar-refractivity contribution in [2.45, 2.75) is 12.8 Å². The third-order valence-corrected chi connectivity index (χ3v) is 2.04. The lowest BCUT2D eigenvalue weighted by molar-refractivity contribution is -0.124. The number of carbonyl (C=O) groups is 2. The molecule has 0 saturated heterocycles. The number of hydrogen-bond acceptors (Lipinski definition) is 2. The van der Waals surface area contributed by atoms with Crippen LogP contribution in [0.1, 0.15) is 18.4 Å². The lowest BCUT2D eigenvalue weighted by atomic mass is 10.1. The number of benzene rings is 1. The molecule has 0 saturated carbocycles. The summed E-state index contributed by atoms with van der Waals surface area (Å²) in [5.74, 6) is -0.617. The minimum atomic E-state index is -0.456. The standard InChI is InChI=1S/C12H15N2O2/c13-11(15)6-7-12(16)14-9-8-10-4-2-1-3-5-10/h1-5,8H,6-7,9H2,(H2,13,15)(H,14,16). The van der Waals surface area contributed by atoms with Crippen LogP contribution in [0.15, 0.2) is 30.3 Å². The molecular formula is C12H15N2O2. The van der Waals surface area contributed by atoms with Crippen molar-refractivity contribution in [3.63, 3.8) is 0 Å². The van der Waals surface area contributed by atoms with Gasteiger partial charge in [0.2, 0.25) is 11.8 Å². The lowest BCUT2D eigenvalue weighted by Crippen LogP contribution is -2.26. The maximum atomic E-state index is 11.2. The molecule has 0 aliphatic carbocycles. The number of amides is 2. The molecule has 1 aromatic rings. The second-order valence-electron chi connectivity index (χ2n) is 3.39. The highest BCUT2D eigenvalue weighted by molar-refractivity contribution is 5.82. The van der Waals surface area contributed by atoms with E-state index in [4.69, 9.17) is 5.73 Å². The van der Waals surface area contributed by atoms with Gasteiger partial charge in [-0.05, 0) is 5.56 Å². The Balaban J connectivity index is 2.16. The molecule has 1 rings (SSSR count). The molecule has 4 nitrogen and oxygen atoms in total. The Hall–Kier alpha value is -1.84. The zero-order valence-electron chi connectivity index (χ0n) is 8.98. The third kappa shape index (κ3) is 5.14. The SMILES string of the molecule is NC(=O)CCC(=O)NC[CH]c1ccccc1. The largest absolute Gasteiger partial charge is 0.370 e. The van der Waals surface area contributed by atoms with Crippen molar-refractivity contribution in [2.75, 3.05) is 6.54 Å². The van der Waals surface area contributed by atoms with Crippen LogP contribution in [-0.4, -0.2) is 18.4 Å². The Morgan fingerprint density at radius 1 is 1.19 bits per heavy atom. The molecule has 85 valence electrons. The first-order chi connectivity index (χ1) is 7.68. The Morgan fingerprint density at radius 3 is 2.50 bits per heavy atom. The van der Waals surface area contributed by atoms with Crippen molar-refractivity contribution in [3.8, 4) is 0 Å². The Morgan fingerprint density at radius 2 is 1.88 bits per heavy atom. The van der Waals surface area contributed by atoms with Gasteiger partial charge in [0.1, 0.15) is 0 Å². The van der Waals surface area contributed by atoms with Crippen LogP contribution < -0.4 is 11.1 Å². The van der Waals surface area contributed by atoms with Crippen LogP contribution in [-0.2, 0) is 9.59 Å². The normalized spacial score (nSPS) is 9.75. The van der Waals surface area contributed by atoms with E-state index in [1.807, 2.05) is 36.8 Å². The average Bonchev–Trinajstić information content (AvgIpc) is 2.28. The quantitative estimate of drug-likeness (QED) is 0.736.